The van der Waals surface area contributed by atoms with Gasteiger partial charge in [0.2, 0.25) is 0 Å². The molecule has 1 aliphatic heterocycles. The molecule has 11 heteroatoms. The van der Waals surface area contributed by atoms with Crippen molar-refractivity contribution < 1.29 is 27.5 Å². The topological polar surface area (TPSA) is 86.8 Å². The summed E-state index contributed by atoms with van der Waals surface area (Å²) in [6, 6.07) is 14.3. The van der Waals surface area contributed by atoms with E-state index in [1.54, 1.807) is 48.4 Å². The number of hydrogen-bond acceptors (Lipinski definition) is 5. The van der Waals surface area contributed by atoms with E-state index in [0.717, 1.165) is 12.5 Å². The number of alkyl halides is 3. The summed E-state index contributed by atoms with van der Waals surface area (Å²) in [7, 11) is 1.56. The lowest BCUT2D eigenvalue weighted by Crippen LogP contribution is -2.35. The van der Waals surface area contributed by atoms with Gasteiger partial charge < -0.3 is 25.2 Å². The van der Waals surface area contributed by atoms with E-state index in [1.807, 2.05) is 4.90 Å². The number of carbonyl (C=O) groups excluding carboxylic acids is 2. The molecule has 1 aromatic heterocycles. The van der Waals surface area contributed by atoms with E-state index in [0.29, 0.717) is 49.0 Å². The summed E-state index contributed by atoms with van der Waals surface area (Å²) in [5, 5.41) is 4.73. The van der Waals surface area contributed by atoms with E-state index in [4.69, 9.17) is 4.74 Å². The molecule has 0 bridgehead atoms. The lowest BCUT2D eigenvalue weighted by Gasteiger charge is -2.23. The van der Waals surface area contributed by atoms with Crippen molar-refractivity contribution >= 4 is 29.1 Å². The van der Waals surface area contributed by atoms with Crippen LogP contribution in [0.2, 0.25) is 0 Å². The van der Waals surface area contributed by atoms with Crippen LogP contribution < -0.4 is 20.3 Å². The van der Waals surface area contributed by atoms with Gasteiger partial charge >= 0.3 is 12.2 Å². The maximum Gasteiger partial charge on any atom is 0.418 e. The number of para-hydroxylation sites is 1. The van der Waals surface area contributed by atoms with Gasteiger partial charge in [-0.1, -0.05) is 18.2 Å². The van der Waals surface area contributed by atoms with Crippen LogP contribution in [0.25, 0.3) is 0 Å². The third kappa shape index (κ3) is 6.49. The van der Waals surface area contributed by atoms with Crippen molar-refractivity contribution in [2.75, 3.05) is 48.8 Å². The second kappa shape index (κ2) is 11.2. The number of anilines is 3. The minimum Gasteiger partial charge on any atom is -0.497 e. The fourth-order valence-corrected chi connectivity index (χ4v) is 4.06. The number of nitrogens with zero attached hydrogens (tertiary/aromatic N) is 3. The first kappa shape index (κ1) is 25.8. The molecule has 0 saturated carbocycles. The quantitative estimate of drug-likeness (QED) is 0.496. The molecule has 2 aromatic carbocycles. The largest absolute Gasteiger partial charge is 0.497 e. The van der Waals surface area contributed by atoms with Gasteiger partial charge in [0.15, 0.2) is 0 Å². The van der Waals surface area contributed by atoms with Gasteiger partial charge in [0.25, 0.3) is 5.91 Å². The molecule has 2 heterocycles. The normalized spacial score (nSPS) is 14.1. The number of methoxy groups -OCH3 is 1. The summed E-state index contributed by atoms with van der Waals surface area (Å²) < 4.78 is 44.7. The number of nitrogens with one attached hydrogen (secondary N) is 2. The Hall–Kier alpha value is -4.28. The number of hydrogen-bond donors (Lipinski definition) is 2. The number of ether oxygens (including phenoxy) is 1. The minimum atomic E-state index is -4.59. The number of carbonyl (C=O) groups is 2. The van der Waals surface area contributed by atoms with Crippen molar-refractivity contribution in [1.82, 2.24) is 9.88 Å². The Morgan fingerprint density at radius 1 is 0.946 bits per heavy atom. The average Bonchev–Trinajstić information content (AvgIpc) is 3.15. The Morgan fingerprint density at radius 3 is 2.49 bits per heavy atom. The lowest BCUT2D eigenvalue weighted by atomic mass is 10.1. The number of pyridine rings is 1. The summed E-state index contributed by atoms with van der Waals surface area (Å²) in [5.74, 6) is 1.23. The van der Waals surface area contributed by atoms with E-state index in [1.165, 1.54) is 24.4 Å². The molecule has 0 spiro atoms. The zero-order chi connectivity index (χ0) is 26.4. The maximum atomic E-state index is 13.1. The number of rotatable bonds is 5. The summed E-state index contributed by atoms with van der Waals surface area (Å²) in [6.07, 6.45) is -2.40. The van der Waals surface area contributed by atoms with Crippen LogP contribution in [0, 0.1) is 0 Å². The Morgan fingerprint density at radius 2 is 1.76 bits per heavy atom. The predicted octanol–water partition coefficient (Wildman–Crippen LogP) is 5.11. The number of benzene rings is 2. The monoisotopic (exact) mass is 513 g/mol. The van der Waals surface area contributed by atoms with Crippen LogP contribution in [0.5, 0.6) is 5.75 Å². The van der Waals surface area contributed by atoms with Gasteiger partial charge in [0, 0.05) is 31.7 Å². The molecule has 8 nitrogen and oxygen atoms in total. The Balaban J connectivity index is 1.35. The van der Waals surface area contributed by atoms with Crippen molar-refractivity contribution in [2.45, 2.75) is 12.6 Å². The van der Waals surface area contributed by atoms with Crippen molar-refractivity contribution in [3.8, 4) is 5.75 Å². The van der Waals surface area contributed by atoms with Gasteiger partial charge in [0.05, 0.1) is 30.2 Å². The molecule has 0 atom stereocenters. The Kier molecular flexibility index (Phi) is 7.80. The number of urea groups is 1. The van der Waals surface area contributed by atoms with E-state index in [2.05, 4.69) is 15.6 Å². The second-order valence-electron chi connectivity index (χ2n) is 8.39. The third-order valence-corrected chi connectivity index (χ3v) is 5.91. The van der Waals surface area contributed by atoms with Gasteiger partial charge in [-0.05, 0) is 48.9 Å². The average molecular weight is 514 g/mol. The molecule has 4 rings (SSSR count). The number of amides is 3. The molecule has 2 N–H and O–H groups in total. The molecular formula is C26H26F3N5O3. The fourth-order valence-electron chi connectivity index (χ4n) is 4.06. The standard InChI is InChI=1S/C26H26F3N5O3/c1-37-20-7-4-6-18(16-20)24(35)34-13-5-12-33(14-15-34)23-11-10-19(17-30-23)31-25(36)32-22-9-3-2-8-21(22)26(27,28)29/h2-4,6-11,16-17H,5,12-15H2,1H3,(H2,31,32,36). The minimum absolute atomic E-state index is 0.0635. The zero-order valence-electron chi connectivity index (χ0n) is 20.1. The summed E-state index contributed by atoms with van der Waals surface area (Å²) >= 11 is 0. The first-order valence-electron chi connectivity index (χ1n) is 11.6. The molecule has 194 valence electrons. The van der Waals surface area contributed by atoms with E-state index in [-0.39, 0.29) is 11.6 Å². The molecule has 0 unspecified atom stereocenters. The first-order valence-corrected chi connectivity index (χ1v) is 11.6. The molecule has 1 aliphatic rings. The molecular weight excluding hydrogens is 487 g/mol. The van der Waals surface area contributed by atoms with Crippen LogP contribution in [-0.2, 0) is 6.18 Å². The van der Waals surface area contributed by atoms with Crippen molar-refractivity contribution in [3.05, 3.63) is 78.0 Å². The lowest BCUT2D eigenvalue weighted by molar-refractivity contribution is -0.136. The summed E-state index contributed by atoms with van der Waals surface area (Å²) in [5.41, 5.74) is -0.374. The van der Waals surface area contributed by atoms with Crippen LogP contribution >= 0.6 is 0 Å². The van der Waals surface area contributed by atoms with E-state index in [9.17, 15) is 22.8 Å². The third-order valence-electron chi connectivity index (χ3n) is 5.91. The van der Waals surface area contributed by atoms with E-state index < -0.39 is 17.8 Å². The zero-order valence-corrected chi connectivity index (χ0v) is 20.1. The predicted molar refractivity (Wildman–Crippen MR) is 134 cm³/mol. The van der Waals surface area contributed by atoms with Crippen LogP contribution in [0.4, 0.5) is 35.2 Å². The molecule has 1 fully saturated rings. The molecule has 3 aromatic rings. The van der Waals surface area contributed by atoms with Crippen LogP contribution in [0.15, 0.2) is 66.9 Å². The highest BCUT2D eigenvalue weighted by Crippen LogP contribution is 2.34. The van der Waals surface area contributed by atoms with Crippen LogP contribution in [0.3, 0.4) is 0 Å². The highest BCUT2D eigenvalue weighted by atomic mass is 19.4. The second-order valence-corrected chi connectivity index (χ2v) is 8.39. The van der Waals surface area contributed by atoms with Crippen molar-refractivity contribution in [3.63, 3.8) is 0 Å². The molecule has 3 amide bonds. The molecule has 1 saturated heterocycles. The smallest absolute Gasteiger partial charge is 0.418 e. The highest BCUT2D eigenvalue weighted by molar-refractivity contribution is 6.00. The SMILES string of the molecule is COc1cccc(C(=O)N2CCCN(c3ccc(NC(=O)Nc4ccccc4C(F)(F)F)cn3)CC2)c1. The van der Waals surface area contributed by atoms with Gasteiger partial charge in [0.1, 0.15) is 11.6 Å². The Labute approximate surface area is 212 Å². The fraction of sp³-hybridized carbons (Fsp3) is 0.269. The van der Waals surface area contributed by atoms with E-state index >= 15 is 0 Å². The van der Waals surface area contributed by atoms with Gasteiger partial charge in [-0.25, -0.2) is 9.78 Å². The number of halogens is 3. The van der Waals surface area contributed by atoms with Gasteiger partial charge in [-0.15, -0.1) is 0 Å². The van der Waals surface area contributed by atoms with Crippen LogP contribution in [0.1, 0.15) is 22.3 Å². The molecule has 0 radical (unpaired) electrons. The highest BCUT2D eigenvalue weighted by Gasteiger charge is 2.33. The summed E-state index contributed by atoms with van der Waals surface area (Å²) in [4.78, 5) is 33.5. The van der Waals surface area contributed by atoms with Crippen molar-refractivity contribution in [2.24, 2.45) is 0 Å². The first-order chi connectivity index (χ1) is 17.7. The molecule has 37 heavy (non-hydrogen) atoms. The Bertz CT molecular complexity index is 1250. The van der Waals surface area contributed by atoms with Crippen molar-refractivity contribution in [1.29, 1.82) is 0 Å². The summed E-state index contributed by atoms with van der Waals surface area (Å²) in [6.45, 7) is 2.38. The van der Waals surface area contributed by atoms with Gasteiger partial charge in [-0.2, -0.15) is 13.2 Å². The van der Waals surface area contributed by atoms with Crippen LogP contribution in [-0.4, -0.2) is 55.1 Å². The number of aromatic nitrogens is 1. The maximum absolute atomic E-state index is 13.1. The molecule has 0 aliphatic carbocycles. The van der Waals surface area contributed by atoms with Gasteiger partial charge in [-0.3, -0.25) is 4.79 Å².